The Morgan fingerprint density at radius 1 is 1.32 bits per heavy atom. The summed E-state index contributed by atoms with van der Waals surface area (Å²) in [6.45, 7) is 8.76. The molecule has 0 aliphatic carbocycles. The highest BCUT2D eigenvalue weighted by Gasteiger charge is 2.41. The molecule has 2 saturated heterocycles. The molecule has 4 nitrogen and oxygen atoms in total. The number of aryl methyl sites for hydroxylation is 2. The van der Waals surface area contributed by atoms with Crippen molar-refractivity contribution in [2.45, 2.75) is 45.3 Å². The lowest BCUT2D eigenvalue weighted by atomic mass is 9.92. The number of fused-ring (bicyclic) bond motifs is 1. The number of hydrogen-bond donors (Lipinski definition) is 0. The molecule has 4 heteroatoms. The maximum Gasteiger partial charge on any atom is 0.118 e. The number of nitrogens with zero attached hydrogens (tertiary/aromatic N) is 3. The predicted octanol–water partition coefficient (Wildman–Crippen LogP) is 2.35. The Kier molecular flexibility index (Phi) is 4.62. The molecule has 0 bridgehead atoms. The van der Waals surface area contributed by atoms with Crippen molar-refractivity contribution in [3.05, 3.63) is 23.2 Å². The Morgan fingerprint density at radius 2 is 2.09 bits per heavy atom. The third-order valence-corrected chi connectivity index (χ3v) is 5.62. The van der Waals surface area contributed by atoms with Gasteiger partial charge in [0.05, 0.1) is 6.54 Å². The fraction of sp³-hybridized carbons (Fsp3) is 0.778. The molecule has 2 aliphatic heterocycles. The van der Waals surface area contributed by atoms with Crippen LogP contribution in [0.4, 0.5) is 0 Å². The minimum Gasteiger partial charge on any atom is -0.465 e. The third-order valence-electron chi connectivity index (χ3n) is 5.62. The van der Waals surface area contributed by atoms with Gasteiger partial charge in [-0.15, -0.1) is 0 Å². The van der Waals surface area contributed by atoms with Crippen molar-refractivity contribution in [2.24, 2.45) is 5.92 Å². The Bertz CT molecular complexity index is 491. The SMILES string of the molecule is Cc1cc(CN2CC[C@H]3[C@H](C[C@@H](CN(C)C)N3C)C2)oc1C. The number of likely N-dealkylation sites (N-methyl/N-ethyl adjacent to an activating group) is 2. The molecule has 0 spiro atoms. The molecule has 22 heavy (non-hydrogen) atoms. The first-order valence-corrected chi connectivity index (χ1v) is 8.59. The van der Waals surface area contributed by atoms with Crippen LogP contribution in [-0.4, -0.2) is 67.6 Å². The summed E-state index contributed by atoms with van der Waals surface area (Å²) in [4.78, 5) is 7.55. The van der Waals surface area contributed by atoms with Crippen LogP contribution in [0.25, 0.3) is 0 Å². The second kappa shape index (κ2) is 6.34. The van der Waals surface area contributed by atoms with E-state index in [-0.39, 0.29) is 0 Å². The van der Waals surface area contributed by atoms with E-state index >= 15 is 0 Å². The van der Waals surface area contributed by atoms with E-state index in [1.807, 2.05) is 0 Å². The first-order chi connectivity index (χ1) is 10.4. The van der Waals surface area contributed by atoms with E-state index in [1.165, 1.54) is 38.0 Å². The second-order valence-corrected chi connectivity index (χ2v) is 7.62. The van der Waals surface area contributed by atoms with Gasteiger partial charge in [-0.1, -0.05) is 0 Å². The van der Waals surface area contributed by atoms with Crippen molar-refractivity contribution in [2.75, 3.05) is 40.8 Å². The normalized spacial score (nSPS) is 30.2. The summed E-state index contributed by atoms with van der Waals surface area (Å²) >= 11 is 0. The van der Waals surface area contributed by atoms with Crippen LogP contribution in [0, 0.1) is 19.8 Å². The van der Waals surface area contributed by atoms with E-state index in [0.717, 1.165) is 36.1 Å². The fourth-order valence-electron chi connectivity index (χ4n) is 4.37. The molecule has 3 atom stereocenters. The smallest absolute Gasteiger partial charge is 0.118 e. The summed E-state index contributed by atoms with van der Waals surface area (Å²) in [5.74, 6) is 3.02. The van der Waals surface area contributed by atoms with Gasteiger partial charge in [0.1, 0.15) is 11.5 Å². The maximum absolute atomic E-state index is 5.86. The number of likely N-dealkylation sites (tertiary alicyclic amines) is 2. The minimum absolute atomic E-state index is 0.720. The predicted molar refractivity (Wildman–Crippen MR) is 90.1 cm³/mol. The largest absolute Gasteiger partial charge is 0.465 e. The molecule has 2 fully saturated rings. The Morgan fingerprint density at radius 3 is 2.73 bits per heavy atom. The Hall–Kier alpha value is -0.840. The van der Waals surface area contributed by atoms with E-state index in [9.17, 15) is 0 Å². The molecule has 124 valence electrons. The average molecular weight is 305 g/mol. The zero-order valence-corrected chi connectivity index (χ0v) is 14.8. The molecular formula is C18H31N3O. The van der Waals surface area contributed by atoms with Crippen LogP contribution in [0.15, 0.2) is 10.5 Å². The standard InChI is InChI=1S/C18H31N3O/c1-13-8-17(22-14(13)2)12-21-7-6-18-15(10-21)9-16(20(18)5)11-19(3)4/h8,15-16,18H,6-7,9-12H2,1-5H3/t15-,16+,18+/m1/s1. The molecule has 0 saturated carbocycles. The van der Waals surface area contributed by atoms with Gasteiger partial charge in [0, 0.05) is 31.7 Å². The zero-order chi connectivity index (χ0) is 15.9. The van der Waals surface area contributed by atoms with Crippen molar-refractivity contribution in [3.8, 4) is 0 Å². The maximum atomic E-state index is 5.86. The van der Waals surface area contributed by atoms with Gasteiger partial charge in [-0.25, -0.2) is 0 Å². The Balaban J connectivity index is 1.59. The molecule has 0 unspecified atom stereocenters. The minimum atomic E-state index is 0.720. The highest BCUT2D eigenvalue weighted by atomic mass is 16.3. The molecule has 0 N–H and O–H groups in total. The zero-order valence-electron chi connectivity index (χ0n) is 14.8. The molecular weight excluding hydrogens is 274 g/mol. The summed E-state index contributed by atoms with van der Waals surface area (Å²) in [6, 6.07) is 3.70. The van der Waals surface area contributed by atoms with Crippen LogP contribution in [0.1, 0.15) is 29.9 Å². The number of furan rings is 1. The van der Waals surface area contributed by atoms with Gasteiger partial charge >= 0.3 is 0 Å². The average Bonchev–Trinajstić information content (AvgIpc) is 2.90. The second-order valence-electron chi connectivity index (χ2n) is 7.62. The molecule has 0 aromatic carbocycles. The number of hydrogen-bond acceptors (Lipinski definition) is 4. The summed E-state index contributed by atoms with van der Waals surface area (Å²) in [6.07, 6.45) is 2.63. The van der Waals surface area contributed by atoms with E-state index in [4.69, 9.17) is 4.42 Å². The van der Waals surface area contributed by atoms with Gasteiger partial charge in [-0.3, -0.25) is 9.80 Å². The van der Waals surface area contributed by atoms with Gasteiger partial charge in [0.25, 0.3) is 0 Å². The lowest BCUT2D eigenvalue weighted by molar-refractivity contribution is 0.103. The molecule has 2 aliphatic rings. The highest BCUT2D eigenvalue weighted by molar-refractivity contribution is 5.18. The van der Waals surface area contributed by atoms with E-state index in [1.54, 1.807) is 0 Å². The molecule has 1 aromatic heterocycles. The summed E-state index contributed by atoms with van der Waals surface area (Å²) in [7, 11) is 6.70. The fourth-order valence-corrected chi connectivity index (χ4v) is 4.37. The molecule has 0 radical (unpaired) electrons. The van der Waals surface area contributed by atoms with Gasteiger partial charge in [-0.2, -0.15) is 0 Å². The topological polar surface area (TPSA) is 22.9 Å². The lowest BCUT2D eigenvalue weighted by Crippen LogP contribution is -2.46. The van der Waals surface area contributed by atoms with Gasteiger partial charge in [0.2, 0.25) is 0 Å². The summed E-state index contributed by atoms with van der Waals surface area (Å²) < 4.78 is 5.86. The van der Waals surface area contributed by atoms with Crippen LogP contribution in [-0.2, 0) is 6.54 Å². The van der Waals surface area contributed by atoms with Gasteiger partial charge in [0.15, 0.2) is 0 Å². The highest BCUT2D eigenvalue weighted by Crippen LogP contribution is 2.35. The number of piperidine rings is 1. The Labute approximate surface area is 135 Å². The first kappa shape index (κ1) is 16.0. The molecule has 3 heterocycles. The lowest BCUT2D eigenvalue weighted by Gasteiger charge is -2.37. The van der Waals surface area contributed by atoms with Gasteiger partial charge in [-0.05, 0) is 65.4 Å². The van der Waals surface area contributed by atoms with E-state index in [2.05, 4.69) is 55.8 Å². The van der Waals surface area contributed by atoms with Crippen molar-refractivity contribution in [1.29, 1.82) is 0 Å². The third kappa shape index (κ3) is 3.24. The monoisotopic (exact) mass is 305 g/mol. The van der Waals surface area contributed by atoms with Crippen molar-refractivity contribution < 1.29 is 4.42 Å². The number of rotatable bonds is 4. The van der Waals surface area contributed by atoms with Crippen molar-refractivity contribution >= 4 is 0 Å². The summed E-state index contributed by atoms with van der Waals surface area (Å²) in [5, 5.41) is 0. The van der Waals surface area contributed by atoms with Crippen LogP contribution in [0.3, 0.4) is 0 Å². The van der Waals surface area contributed by atoms with Crippen molar-refractivity contribution in [3.63, 3.8) is 0 Å². The van der Waals surface area contributed by atoms with E-state index < -0.39 is 0 Å². The quantitative estimate of drug-likeness (QED) is 0.852. The molecule has 1 aromatic rings. The first-order valence-electron chi connectivity index (χ1n) is 8.59. The summed E-state index contributed by atoms with van der Waals surface area (Å²) in [5.41, 5.74) is 1.27. The van der Waals surface area contributed by atoms with Crippen LogP contribution >= 0.6 is 0 Å². The molecule has 0 amide bonds. The molecule has 3 rings (SSSR count). The van der Waals surface area contributed by atoms with Gasteiger partial charge < -0.3 is 9.32 Å². The van der Waals surface area contributed by atoms with Crippen LogP contribution < -0.4 is 0 Å². The van der Waals surface area contributed by atoms with Crippen LogP contribution in [0.5, 0.6) is 0 Å². The van der Waals surface area contributed by atoms with Crippen molar-refractivity contribution in [1.82, 2.24) is 14.7 Å². The van der Waals surface area contributed by atoms with Crippen LogP contribution in [0.2, 0.25) is 0 Å². The van der Waals surface area contributed by atoms with E-state index in [0.29, 0.717) is 0 Å².